The number of hydrogen-bond donors (Lipinski definition) is 1. The SMILES string of the molecule is NC(Cn1ccccc1=O)C1C2CC3CC(C2)CC1C3. The van der Waals surface area contributed by atoms with Gasteiger partial charge in [-0.2, -0.15) is 0 Å². The number of pyridine rings is 1. The van der Waals surface area contributed by atoms with Crippen LogP contribution in [0.3, 0.4) is 0 Å². The highest BCUT2D eigenvalue weighted by molar-refractivity contribution is 5.02. The highest BCUT2D eigenvalue weighted by Crippen LogP contribution is 2.57. The molecule has 20 heavy (non-hydrogen) atoms. The molecule has 4 saturated carbocycles. The number of hydrogen-bond acceptors (Lipinski definition) is 2. The van der Waals surface area contributed by atoms with Gasteiger partial charge in [0.2, 0.25) is 0 Å². The van der Waals surface area contributed by atoms with E-state index in [1.54, 1.807) is 16.7 Å². The van der Waals surface area contributed by atoms with E-state index < -0.39 is 0 Å². The fourth-order valence-electron chi connectivity index (χ4n) is 5.63. The van der Waals surface area contributed by atoms with E-state index in [0.29, 0.717) is 12.5 Å². The van der Waals surface area contributed by atoms with Gasteiger partial charge in [0.1, 0.15) is 0 Å². The van der Waals surface area contributed by atoms with Crippen LogP contribution in [0.2, 0.25) is 0 Å². The minimum absolute atomic E-state index is 0.0757. The van der Waals surface area contributed by atoms with Gasteiger partial charge < -0.3 is 10.3 Å². The minimum atomic E-state index is 0.0757. The van der Waals surface area contributed by atoms with E-state index in [1.165, 1.54) is 32.1 Å². The molecule has 4 fully saturated rings. The topological polar surface area (TPSA) is 48.0 Å². The summed E-state index contributed by atoms with van der Waals surface area (Å²) in [6, 6.07) is 5.49. The second-order valence-corrected chi connectivity index (χ2v) is 7.36. The standard InChI is InChI=1S/C17H24N2O/c18-15(10-19-4-2-1-3-16(19)20)17-13-6-11-5-12(8-13)9-14(17)7-11/h1-4,11-15,17H,5-10,18H2. The van der Waals surface area contributed by atoms with E-state index >= 15 is 0 Å². The maximum atomic E-state index is 11.9. The van der Waals surface area contributed by atoms with E-state index in [1.807, 2.05) is 12.3 Å². The van der Waals surface area contributed by atoms with Crippen molar-refractivity contribution in [2.75, 3.05) is 0 Å². The summed E-state index contributed by atoms with van der Waals surface area (Å²) in [6.45, 7) is 0.687. The Balaban J connectivity index is 1.53. The Morgan fingerprint density at radius 1 is 1.10 bits per heavy atom. The maximum Gasteiger partial charge on any atom is 0.250 e. The molecule has 1 unspecified atom stereocenters. The molecule has 0 radical (unpaired) electrons. The molecule has 3 nitrogen and oxygen atoms in total. The van der Waals surface area contributed by atoms with Crippen molar-refractivity contribution in [3.8, 4) is 0 Å². The van der Waals surface area contributed by atoms with Crippen LogP contribution in [0, 0.1) is 29.6 Å². The summed E-state index contributed by atoms with van der Waals surface area (Å²) in [6.07, 6.45) is 8.94. The average molecular weight is 272 g/mol. The fraction of sp³-hybridized carbons (Fsp3) is 0.706. The van der Waals surface area contributed by atoms with Crippen molar-refractivity contribution >= 4 is 0 Å². The zero-order chi connectivity index (χ0) is 13.7. The predicted molar refractivity (Wildman–Crippen MR) is 79.2 cm³/mol. The van der Waals surface area contributed by atoms with E-state index in [9.17, 15) is 4.79 Å². The van der Waals surface area contributed by atoms with Crippen LogP contribution in [-0.4, -0.2) is 10.6 Å². The van der Waals surface area contributed by atoms with Gasteiger partial charge in [-0.25, -0.2) is 0 Å². The molecule has 0 amide bonds. The molecule has 5 rings (SSSR count). The third kappa shape index (κ3) is 2.03. The number of nitrogens with zero attached hydrogens (tertiary/aromatic N) is 1. The summed E-state index contributed by atoms with van der Waals surface area (Å²) in [4.78, 5) is 11.9. The van der Waals surface area contributed by atoms with Crippen molar-refractivity contribution in [1.29, 1.82) is 0 Å². The Morgan fingerprint density at radius 3 is 2.35 bits per heavy atom. The van der Waals surface area contributed by atoms with E-state index in [4.69, 9.17) is 5.73 Å². The highest BCUT2D eigenvalue weighted by Gasteiger charge is 2.49. The molecule has 0 spiro atoms. The van der Waals surface area contributed by atoms with Crippen LogP contribution in [0.25, 0.3) is 0 Å². The first-order valence-corrected chi connectivity index (χ1v) is 8.11. The zero-order valence-electron chi connectivity index (χ0n) is 11.9. The molecule has 1 aromatic rings. The molecule has 4 aliphatic rings. The molecule has 1 heterocycles. The fourth-order valence-corrected chi connectivity index (χ4v) is 5.63. The van der Waals surface area contributed by atoms with Gasteiger partial charge >= 0.3 is 0 Å². The van der Waals surface area contributed by atoms with Crippen LogP contribution in [0.5, 0.6) is 0 Å². The normalized spacial score (nSPS) is 40.0. The van der Waals surface area contributed by atoms with E-state index in [-0.39, 0.29) is 11.6 Å². The van der Waals surface area contributed by atoms with Crippen LogP contribution >= 0.6 is 0 Å². The van der Waals surface area contributed by atoms with Crippen LogP contribution in [-0.2, 0) is 6.54 Å². The predicted octanol–water partition coefficient (Wildman–Crippen LogP) is 2.25. The first kappa shape index (κ1) is 12.6. The molecule has 108 valence electrons. The van der Waals surface area contributed by atoms with Gasteiger partial charge in [0.15, 0.2) is 0 Å². The molecular weight excluding hydrogens is 248 g/mol. The van der Waals surface area contributed by atoms with Gasteiger partial charge in [-0.15, -0.1) is 0 Å². The Hall–Kier alpha value is -1.09. The molecular formula is C17H24N2O. The third-order valence-electron chi connectivity index (χ3n) is 6.10. The van der Waals surface area contributed by atoms with Crippen LogP contribution in [0.15, 0.2) is 29.2 Å². The lowest BCUT2D eigenvalue weighted by Crippen LogP contribution is -2.53. The second kappa shape index (κ2) is 4.73. The Bertz CT molecular complexity index is 522. The van der Waals surface area contributed by atoms with Gasteiger partial charge in [0.25, 0.3) is 5.56 Å². The first-order valence-electron chi connectivity index (χ1n) is 8.11. The van der Waals surface area contributed by atoms with Crippen molar-refractivity contribution < 1.29 is 0 Å². The van der Waals surface area contributed by atoms with Gasteiger partial charge in [-0.05, 0) is 67.8 Å². The smallest absolute Gasteiger partial charge is 0.250 e. The number of rotatable bonds is 3. The van der Waals surface area contributed by atoms with Gasteiger partial charge in [-0.1, -0.05) is 6.07 Å². The molecule has 4 bridgehead atoms. The van der Waals surface area contributed by atoms with E-state index in [2.05, 4.69) is 0 Å². The summed E-state index contributed by atoms with van der Waals surface area (Å²) in [5.74, 6) is 4.29. The van der Waals surface area contributed by atoms with Crippen molar-refractivity contribution in [2.45, 2.75) is 44.7 Å². The van der Waals surface area contributed by atoms with Crippen LogP contribution in [0.4, 0.5) is 0 Å². The lowest BCUT2D eigenvalue weighted by Gasteiger charge is -2.56. The monoisotopic (exact) mass is 272 g/mol. The second-order valence-electron chi connectivity index (χ2n) is 7.36. The zero-order valence-corrected chi connectivity index (χ0v) is 11.9. The number of nitrogens with two attached hydrogens (primary N) is 1. The molecule has 0 saturated heterocycles. The number of aromatic nitrogens is 1. The van der Waals surface area contributed by atoms with Crippen LogP contribution < -0.4 is 11.3 Å². The van der Waals surface area contributed by atoms with Crippen molar-refractivity contribution in [2.24, 2.45) is 35.3 Å². The Morgan fingerprint density at radius 2 is 1.75 bits per heavy atom. The first-order chi connectivity index (χ1) is 9.70. The Labute approximate surface area is 120 Å². The van der Waals surface area contributed by atoms with Gasteiger partial charge in [0.05, 0.1) is 0 Å². The lowest BCUT2D eigenvalue weighted by atomic mass is 9.50. The largest absolute Gasteiger partial charge is 0.326 e. The third-order valence-corrected chi connectivity index (χ3v) is 6.10. The summed E-state index contributed by atoms with van der Waals surface area (Å²) >= 11 is 0. The molecule has 4 aliphatic carbocycles. The molecule has 0 aliphatic heterocycles. The highest BCUT2D eigenvalue weighted by atomic mass is 16.1. The van der Waals surface area contributed by atoms with Crippen molar-refractivity contribution in [3.05, 3.63) is 34.7 Å². The molecule has 0 aromatic carbocycles. The quantitative estimate of drug-likeness (QED) is 0.917. The molecule has 1 aromatic heterocycles. The molecule has 2 N–H and O–H groups in total. The van der Waals surface area contributed by atoms with Crippen LogP contribution in [0.1, 0.15) is 32.1 Å². The van der Waals surface area contributed by atoms with Gasteiger partial charge in [-0.3, -0.25) is 4.79 Å². The van der Waals surface area contributed by atoms with Crippen molar-refractivity contribution in [1.82, 2.24) is 4.57 Å². The lowest BCUT2D eigenvalue weighted by molar-refractivity contribution is -0.0486. The van der Waals surface area contributed by atoms with Crippen molar-refractivity contribution in [3.63, 3.8) is 0 Å². The summed E-state index contributed by atoms with van der Waals surface area (Å²) in [5.41, 5.74) is 6.62. The summed E-state index contributed by atoms with van der Waals surface area (Å²) < 4.78 is 1.79. The maximum absolute atomic E-state index is 11.9. The van der Waals surface area contributed by atoms with Gasteiger partial charge in [0, 0.05) is 24.8 Å². The summed E-state index contributed by atoms with van der Waals surface area (Å²) in [7, 11) is 0. The molecule has 1 atom stereocenters. The van der Waals surface area contributed by atoms with E-state index in [0.717, 1.165) is 23.7 Å². The molecule has 3 heteroatoms. The Kier molecular flexibility index (Phi) is 2.99. The minimum Gasteiger partial charge on any atom is -0.326 e. The average Bonchev–Trinajstić information content (AvgIpc) is 2.40. The summed E-state index contributed by atoms with van der Waals surface area (Å²) in [5, 5.41) is 0.